The molecule has 24 heavy (non-hydrogen) atoms. The summed E-state index contributed by atoms with van der Waals surface area (Å²) in [4.78, 5) is 32.6. The summed E-state index contributed by atoms with van der Waals surface area (Å²) in [6.45, 7) is 2.73. The second-order valence-corrected chi connectivity index (χ2v) is 6.29. The first-order chi connectivity index (χ1) is 11.4. The van der Waals surface area contributed by atoms with E-state index in [4.69, 9.17) is 4.74 Å². The van der Waals surface area contributed by atoms with Crippen LogP contribution in [0.3, 0.4) is 0 Å². The van der Waals surface area contributed by atoms with Crippen LogP contribution in [0, 0.1) is 20.2 Å². The average molecular weight is 355 g/mol. The number of non-ortho nitro benzene ring substituents is 1. The maximum absolute atomic E-state index is 11.7. The number of carbonyl (C=O) groups excluding carboxylic acids is 1. The lowest BCUT2D eigenvalue weighted by Gasteiger charge is -2.22. The Kier molecular flexibility index (Phi) is 6.10. The summed E-state index contributed by atoms with van der Waals surface area (Å²) in [5.41, 5.74) is -0.633. The molecule has 1 saturated heterocycles. The van der Waals surface area contributed by atoms with Crippen molar-refractivity contribution in [1.82, 2.24) is 4.31 Å². The first kappa shape index (κ1) is 18.1. The molecule has 1 fully saturated rings. The van der Waals surface area contributed by atoms with E-state index >= 15 is 0 Å². The molecule has 1 atom stereocenters. The van der Waals surface area contributed by atoms with Gasteiger partial charge in [-0.15, -0.1) is 0 Å². The molecule has 0 N–H and O–H groups in total. The molecule has 1 aliphatic rings. The molecule has 10 heteroatoms. The topological polar surface area (TPSA) is 116 Å². The molecule has 0 bridgehead atoms. The average Bonchev–Trinajstić information content (AvgIpc) is 2.94. The molecule has 9 nitrogen and oxygen atoms in total. The lowest BCUT2D eigenvalue weighted by atomic mass is 10.2. The van der Waals surface area contributed by atoms with Crippen LogP contribution in [0.2, 0.25) is 0 Å². The van der Waals surface area contributed by atoms with Gasteiger partial charge in [0.25, 0.3) is 11.4 Å². The van der Waals surface area contributed by atoms with Crippen LogP contribution in [0.5, 0.6) is 0 Å². The van der Waals surface area contributed by atoms with E-state index in [0.29, 0.717) is 18.0 Å². The van der Waals surface area contributed by atoms with Crippen LogP contribution in [0.15, 0.2) is 23.1 Å². The van der Waals surface area contributed by atoms with E-state index in [1.807, 2.05) is 4.31 Å². The summed E-state index contributed by atoms with van der Waals surface area (Å²) in [7, 11) is 0. The number of benzene rings is 1. The number of nitrogens with zero attached hydrogens (tertiary/aromatic N) is 3. The van der Waals surface area contributed by atoms with Gasteiger partial charge in [0, 0.05) is 18.7 Å². The third-order valence-corrected chi connectivity index (χ3v) is 4.85. The summed E-state index contributed by atoms with van der Waals surface area (Å²) in [5, 5.41) is 22.0. The molecule has 1 heterocycles. The highest BCUT2D eigenvalue weighted by Gasteiger charge is 2.30. The molecule has 0 radical (unpaired) electrons. The van der Waals surface area contributed by atoms with Gasteiger partial charge in [-0.25, -0.2) is 4.31 Å². The predicted molar refractivity (Wildman–Crippen MR) is 86.6 cm³/mol. The van der Waals surface area contributed by atoms with Gasteiger partial charge in [-0.1, -0.05) is 0 Å². The van der Waals surface area contributed by atoms with Crippen LogP contribution >= 0.6 is 11.9 Å². The molecule has 2 rings (SSSR count). The first-order valence-corrected chi connectivity index (χ1v) is 8.22. The summed E-state index contributed by atoms with van der Waals surface area (Å²) in [6, 6.07) is 3.51. The fourth-order valence-electron chi connectivity index (χ4n) is 2.51. The quantitative estimate of drug-likeness (QED) is 0.317. The number of hydrogen-bond acceptors (Lipinski definition) is 8. The standard InChI is InChI=1S/C14H17N3O6S/c1-2-23-14(18)9-10-4-3-7-15(10)24-13-6-5-11(16(19)20)8-12(13)17(21)22/h5-6,8,10H,2-4,7,9H2,1H3/t10-/m1/s1. The van der Waals surface area contributed by atoms with Crippen molar-refractivity contribution >= 4 is 29.3 Å². The van der Waals surface area contributed by atoms with Gasteiger partial charge in [-0.2, -0.15) is 0 Å². The number of rotatable bonds is 7. The lowest BCUT2D eigenvalue weighted by Crippen LogP contribution is -2.26. The number of carbonyl (C=O) groups is 1. The van der Waals surface area contributed by atoms with Crippen molar-refractivity contribution in [3.63, 3.8) is 0 Å². The zero-order chi connectivity index (χ0) is 17.7. The third-order valence-electron chi connectivity index (χ3n) is 3.60. The Bertz CT molecular complexity index is 653. The van der Waals surface area contributed by atoms with Crippen molar-refractivity contribution in [2.24, 2.45) is 0 Å². The fraction of sp³-hybridized carbons (Fsp3) is 0.500. The first-order valence-electron chi connectivity index (χ1n) is 7.45. The summed E-state index contributed by atoms with van der Waals surface area (Å²) in [5.74, 6) is -0.298. The summed E-state index contributed by atoms with van der Waals surface area (Å²) >= 11 is 1.16. The highest BCUT2D eigenvalue weighted by atomic mass is 32.2. The van der Waals surface area contributed by atoms with Gasteiger partial charge in [0.1, 0.15) is 4.90 Å². The second-order valence-electron chi connectivity index (χ2n) is 5.20. The Morgan fingerprint density at radius 1 is 1.38 bits per heavy atom. The minimum Gasteiger partial charge on any atom is -0.466 e. The van der Waals surface area contributed by atoms with Gasteiger partial charge in [-0.05, 0) is 37.8 Å². The van der Waals surface area contributed by atoms with Crippen molar-refractivity contribution in [2.45, 2.75) is 37.1 Å². The number of hydrogen-bond donors (Lipinski definition) is 0. The van der Waals surface area contributed by atoms with Crippen LogP contribution in [0.25, 0.3) is 0 Å². The van der Waals surface area contributed by atoms with Gasteiger partial charge >= 0.3 is 5.97 Å². The highest BCUT2D eigenvalue weighted by molar-refractivity contribution is 7.97. The SMILES string of the molecule is CCOC(=O)C[C@H]1CCCN1Sc1ccc([N+](=O)[O-])cc1[N+](=O)[O-]. The normalized spacial score (nSPS) is 17.6. The van der Waals surface area contributed by atoms with E-state index in [0.717, 1.165) is 30.9 Å². The molecule has 130 valence electrons. The van der Waals surface area contributed by atoms with Crippen molar-refractivity contribution in [3.05, 3.63) is 38.4 Å². The molecular formula is C14H17N3O6S. The van der Waals surface area contributed by atoms with E-state index in [-0.39, 0.29) is 29.8 Å². The van der Waals surface area contributed by atoms with E-state index < -0.39 is 9.85 Å². The van der Waals surface area contributed by atoms with Gasteiger partial charge in [0.2, 0.25) is 0 Å². The molecule has 1 aromatic rings. The van der Waals surface area contributed by atoms with E-state index in [2.05, 4.69) is 0 Å². The smallest absolute Gasteiger partial charge is 0.307 e. The van der Waals surface area contributed by atoms with Crippen molar-refractivity contribution in [3.8, 4) is 0 Å². The van der Waals surface area contributed by atoms with E-state index in [1.54, 1.807) is 6.92 Å². The van der Waals surface area contributed by atoms with Crippen LogP contribution in [-0.2, 0) is 9.53 Å². The van der Waals surface area contributed by atoms with Crippen molar-refractivity contribution < 1.29 is 19.4 Å². The highest BCUT2D eigenvalue weighted by Crippen LogP contribution is 2.38. The van der Waals surface area contributed by atoms with Crippen molar-refractivity contribution in [2.75, 3.05) is 13.2 Å². The predicted octanol–water partition coefficient (Wildman–Crippen LogP) is 2.93. The summed E-state index contributed by atoms with van der Waals surface area (Å²) < 4.78 is 6.86. The molecular weight excluding hydrogens is 338 g/mol. The largest absolute Gasteiger partial charge is 0.466 e. The minimum absolute atomic E-state index is 0.0659. The number of nitro benzene ring substituents is 2. The van der Waals surface area contributed by atoms with Crippen LogP contribution in [0.4, 0.5) is 11.4 Å². The Morgan fingerprint density at radius 3 is 2.75 bits per heavy atom. The number of ether oxygens (including phenoxy) is 1. The molecule has 0 aromatic heterocycles. The second kappa shape index (κ2) is 8.06. The van der Waals surface area contributed by atoms with Crippen molar-refractivity contribution in [1.29, 1.82) is 0 Å². The van der Waals surface area contributed by atoms with Gasteiger partial charge in [0.05, 0.1) is 28.9 Å². The van der Waals surface area contributed by atoms with Crippen LogP contribution in [-0.4, -0.2) is 39.3 Å². The zero-order valence-corrected chi connectivity index (χ0v) is 13.9. The number of nitro groups is 2. The van der Waals surface area contributed by atoms with Gasteiger partial charge < -0.3 is 4.74 Å². The molecule has 0 spiro atoms. The Balaban J connectivity index is 2.15. The van der Waals surface area contributed by atoms with Crippen LogP contribution in [0.1, 0.15) is 26.2 Å². The summed E-state index contributed by atoms with van der Waals surface area (Å²) in [6.07, 6.45) is 1.89. The Morgan fingerprint density at radius 2 is 2.12 bits per heavy atom. The molecule has 0 saturated carbocycles. The van der Waals surface area contributed by atoms with E-state index in [1.165, 1.54) is 12.1 Å². The lowest BCUT2D eigenvalue weighted by molar-refractivity contribution is -0.396. The molecule has 1 aliphatic heterocycles. The number of esters is 1. The van der Waals surface area contributed by atoms with Gasteiger partial charge in [-0.3, -0.25) is 25.0 Å². The minimum atomic E-state index is -0.666. The molecule has 1 aromatic carbocycles. The zero-order valence-electron chi connectivity index (χ0n) is 13.0. The Labute approximate surface area is 142 Å². The van der Waals surface area contributed by atoms with E-state index in [9.17, 15) is 25.0 Å². The maximum Gasteiger partial charge on any atom is 0.307 e. The maximum atomic E-state index is 11.7. The monoisotopic (exact) mass is 355 g/mol. The Hall–Kier alpha value is -2.20. The van der Waals surface area contributed by atoms with Crippen LogP contribution < -0.4 is 0 Å². The fourth-order valence-corrected chi connectivity index (χ4v) is 3.67. The molecule has 0 unspecified atom stereocenters. The third kappa shape index (κ3) is 4.42. The van der Waals surface area contributed by atoms with Gasteiger partial charge in [0.15, 0.2) is 0 Å². The molecule has 0 amide bonds. The molecule has 0 aliphatic carbocycles.